The summed E-state index contributed by atoms with van der Waals surface area (Å²) in [6.07, 6.45) is 0.301. The van der Waals surface area contributed by atoms with Crippen molar-refractivity contribution in [1.29, 1.82) is 0 Å². The Morgan fingerprint density at radius 1 is 1.31 bits per heavy atom. The quantitative estimate of drug-likeness (QED) is 0.531. The van der Waals surface area contributed by atoms with Crippen LogP contribution in [-0.4, -0.2) is 15.2 Å². The highest BCUT2D eigenvalue weighted by Crippen LogP contribution is 2.24. The Morgan fingerprint density at radius 2 is 1.85 bits per heavy atom. The van der Waals surface area contributed by atoms with Gasteiger partial charge < -0.3 is 5.11 Å². The molecule has 2 nitrogen and oxygen atoms in total. The summed E-state index contributed by atoms with van der Waals surface area (Å²) in [5, 5.41) is 8.75. The molecule has 0 unspecified atom stereocenters. The average molecular weight is 214 g/mol. The van der Waals surface area contributed by atoms with Crippen molar-refractivity contribution >= 4 is 31.2 Å². The van der Waals surface area contributed by atoms with Gasteiger partial charge in [-0.3, -0.25) is 0 Å². The van der Waals surface area contributed by atoms with E-state index in [0.29, 0.717) is 6.42 Å². The highest BCUT2D eigenvalue weighted by molar-refractivity contribution is 8.01. The van der Waals surface area contributed by atoms with Crippen LogP contribution in [0.4, 0.5) is 0 Å². The fraction of sp³-hybridized carbons (Fsp3) is 0.222. The Labute approximate surface area is 87.8 Å². The lowest BCUT2D eigenvalue weighted by molar-refractivity contribution is -0.137. The van der Waals surface area contributed by atoms with Crippen LogP contribution in [0.3, 0.4) is 0 Å². The van der Waals surface area contributed by atoms with Crippen molar-refractivity contribution in [1.82, 2.24) is 0 Å². The van der Waals surface area contributed by atoms with Crippen LogP contribution < -0.4 is 0 Å². The summed E-state index contributed by atoms with van der Waals surface area (Å²) in [7, 11) is 0. The number of thiol groups is 2. The number of aliphatic carboxylic acids is 1. The van der Waals surface area contributed by atoms with Crippen molar-refractivity contribution in [3.05, 3.63) is 35.9 Å². The van der Waals surface area contributed by atoms with Gasteiger partial charge in [-0.05, 0) is 5.56 Å². The molecule has 0 aliphatic rings. The van der Waals surface area contributed by atoms with Gasteiger partial charge in [0.05, 0.1) is 0 Å². The first-order chi connectivity index (χ1) is 6.02. The number of carboxylic acids is 1. The van der Waals surface area contributed by atoms with Gasteiger partial charge in [-0.1, -0.05) is 30.3 Å². The van der Waals surface area contributed by atoms with Crippen LogP contribution in [0.5, 0.6) is 0 Å². The Hall–Kier alpha value is -0.610. The van der Waals surface area contributed by atoms with Crippen molar-refractivity contribution in [2.45, 2.75) is 10.5 Å². The second kappa shape index (κ2) is 4.07. The number of benzene rings is 1. The first-order valence-electron chi connectivity index (χ1n) is 3.74. The third-order valence-corrected chi connectivity index (χ3v) is 2.33. The molecule has 1 rings (SSSR count). The van der Waals surface area contributed by atoms with Crippen molar-refractivity contribution in [3.8, 4) is 0 Å². The zero-order chi connectivity index (χ0) is 9.90. The largest absolute Gasteiger partial charge is 0.480 e. The fourth-order valence-electron chi connectivity index (χ4n) is 0.956. The van der Waals surface area contributed by atoms with E-state index in [1.54, 1.807) is 0 Å². The van der Waals surface area contributed by atoms with Gasteiger partial charge in [-0.25, -0.2) is 4.79 Å². The van der Waals surface area contributed by atoms with E-state index in [4.69, 9.17) is 5.11 Å². The average Bonchev–Trinajstić information content (AvgIpc) is 2.05. The molecule has 13 heavy (non-hydrogen) atoms. The van der Waals surface area contributed by atoms with Gasteiger partial charge in [0.1, 0.15) is 0 Å². The third kappa shape index (κ3) is 2.97. The molecule has 0 bridgehead atoms. The number of carboxylic acid groups (broad SMARTS) is 1. The molecule has 0 saturated carbocycles. The minimum absolute atomic E-state index is 0.301. The van der Waals surface area contributed by atoms with Gasteiger partial charge in [-0.15, -0.1) is 0 Å². The molecule has 4 heteroatoms. The summed E-state index contributed by atoms with van der Waals surface area (Å²) < 4.78 is -1.29. The van der Waals surface area contributed by atoms with Crippen molar-refractivity contribution in [2.75, 3.05) is 0 Å². The maximum atomic E-state index is 10.7. The van der Waals surface area contributed by atoms with Gasteiger partial charge in [-0.2, -0.15) is 25.3 Å². The molecule has 1 aromatic rings. The summed E-state index contributed by atoms with van der Waals surface area (Å²) in [6.45, 7) is 0. The predicted octanol–water partition coefficient (Wildman–Crippen LogP) is 1.87. The fourth-order valence-corrected chi connectivity index (χ4v) is 1.32. The number of hydrogen-bond donors (Lipinski definition) is 3. The molecule has 0 amide bonds. The Balaban J connectivity index is 2.75. The van der Waals surface area contributed by atoms with E-state index >= 15 is 0 Å². The van der Waals surface area contributed by atoms with Crippen LogP contribution in [0.15, 0.2) is 30.3 Å². The molecule has 0 aliphatic carbocycles. The van der Waals surface area contributed by atoms with E-state index in [1.807, 2.05) is 30.3 Å². The van der Waals surface area contributed by atoms with Gasteiger partial charge in [0.15, 0.2) is 4.08 Å². The monoisotopic (exact) mass is 214 g/mol. The molecule has 0 aliphatic heterocycles. The second-order valence-electron chi connectivity index (χ2n) is 2.78. The topological polar surface area (TPSA) is 37.3 Å². The van der Waals surface area contributed by atoms with Gasteiger partial charge in [0.25, 0.3) is 0 Å². The van der Waals surface area contributed by atoms with Gasteiger partial charge in [0, 0.05) is 6.42 Å². The van der Waals surface area contributed by atoms with E-state index in [1.165, 1.54) is 0 Å². The van der Waals surface area contributed by atoms with Crippen LogP contribution in [0.25, 0.3) is 0 Å². The van der Waals surface area contributed by atoms with E-state index < -0.39 is 10.0 Å². The van der Waals surface area contributed by atoms with Crippen molar-refractivity contribution in [2.24, 2.45) is 0 Å². The maximum Gasteiger partial charge on any atom is 0.329 e. The SMILES string of the molecule is O=C(O)C(S)(S)Cc1ccccc1. The lowest BCUT2D eigenvalue weighted by atomic mass is 10.1. The molecular formula is C9H10O2S2. The molecule has 0 atom stereocenters. The van der Waals surface area contributed by atoms with Crippen molar-refractivity contribution < 1.29 is 9.90 Å². The minimum atomic E-state index is -1.29. The molecule has 0 spiro atoms. The second-order valence-corrected chi connectivity index (χ2v) is 4.66. The van der Waals surface area contributed by atoms with Crippen molar-refractivity contribution in [3.63, 3.8) is 0 Å². The highest BCUT2D eigenvalue weighted by Gasteiger charge is 2.29. The van der Waals surface area contributed by atoms with E-state index in [-0.39, 0.29) is 0 Å². The molecule has 0 radical (unpaired) electrons. The summed E-state index contributed by atoms with van der Waals surface area (Å²) in [6, 6.07) is 9.29. The van der Waals surface area contributed by atoms with Gasteiger partial charge >= 0.3 is 5.97 Å². The standard InChI is InChI=1S/C9H10O2S2/c10-8(11)9(12,13)6-7-4-2-1-3-5-7/h1-5,12-13H,6H2,(H,10,11). The Morgan fingerprint density at radius 3 is 2.31 bits per heavy atom. The van der Waals surface area contributed by atoms with E-state index in [2.05, 4.69) is 25.3 Å². The molecule has 0 heterocycles. The third-order valence-electron chi connectivity index (χ3n) is 1.64. The summed E-state index contributed by atoms with van der Waals surface area (Å²) in [5.74, 6) is -1.02. The first kappa shape index (κ1) is 10.5. The molecule has 0 saturated heterocycles. The lowest BCUT2D eigenvalue weighted by Gasteiger charge is -2.16. The maximum absolute atomic E-state index is 10.7. The van der Waals surface area contributed by atoms with Crippen LogP contribution >= 0.6 is 25.3 Å². The summed E-state index contributed by atoms with van der Waals surface area (Å²) >= 11 is 7.92. The number of rotatable bonds is 3. The molecule has 1 aromatic carbocycles. The summed E-state index contributed by atoms with van der Waals surface area (Å²) in [5.41, 5.74) is 0.912. The zero-order valence-electron chi connectivity index (χ0n) is 6.84. The number of hydrogen-bond acceptors (Lipinski definition) is 3. The summed E-state index contributed by atoms with van der Waals surface area (Å²) in [4.78, 5) is 10.7. The normalized spacial score (nSPS) is 11.2. The minimum Gasteiger partial charge on any atom is -0.480 e. The molecule has 0 aromatic heterocycles. The van der Waals surface area contributed by atoms with Crippen LogP contribution in [0.2, 0.25) is 0 Å². The number of carbonyl (C=O) groups is 1. The van der Waals surface area contributed by atoms with Crippen LogP contribution in [0, 0.1) is 0 Å². The smallest absolute Gasteiger partial charge is 0.329 e. The molecule has 70 valence electrons. The predicted molar refractivity (Wildman–Crippen MR) is 58.5 cm³/mol. The van der Waals surface area contributed by atoms with Crippen LogP contribution in [0.1, 0.15) is 5.56 Å². The molecule has 1 N–H and O–H groups in total. The van der Waals surface area contributed by atoms with E-state index in [9.17, 15) is 4.79 Å². The van der Waals surface area contributed by atoms with Crippen LogP contribution in [-0.2, 0) is 11.2 Å². The Bertz CT molecular complexity index is 296. The first-order valence-corrected chi connectivity index (χ1v) is 4.64. The Kier molecular flexibility index (Phi) is 3.27. The molecule has 0 fully saturated rings. The molecular weight excluding hydrogens is 204 g/mol. The highest BCUT2D eigenvalue weighted by atomic mass is 32.2. The zero-order valence-corrected chi connectivity index (χ0v) is 8.63. The van der Waals surface area contributed by atoms with Gasteiger partial charge in [0.2, 0.25) is 0 Å². The lowest BCUT2D eigenvalue weighted by Crippen LogP contribution is -2.28. The van der Waals surface area contributed by atoms with E-state index in [0.717, 1.165) is 5.56 Å².